The van der Waals surface area contributed by atoms with Gasteiger partial charge < -0.3 is 23.2 Å². The molecule has 1 aliphatic heterocycles. The smallest absolute Gasteiger partial charge is 0.356 e. The highest BCUT2D eigenvalue weighted by Gasteiger charge is 2.17. The number of H-pyrrole nitrogens is 1. The maximum atomic E-state index is 12.2. The Bertz CT molecular complexity index is 1140. The third-order valence-corrected chi connectivity index (χ3v) is 4.31. The van der Waals surface area contributed by atoms with E-state index in [0.717, 1.165) is 5.56 Å². The number of nitrogens with zero attached hydrogens (tertiary/aromatic N) is 2. The van der Waals surface area contributed by atoms with Gasteiger partial charge in [0.1, 0.15) is 36.9 Å². The largest absolute Gasteiger partial charge is 0.486 e. The Kier molecular flexibility index (Phi) is 4.24. The van der Waals surface area contributed by atoms with Crippen LogP contribution in [-0.2, 0) is 11.3 Å². The van der Waals surface area contributed by atoms with Crippen molar-refractivity contribution in [1.29, 1.82) is 0 Å². The fourth-order valence-electron chi connectivity index (χ4n) is 2.91. The lowest BCUT2D eigenvalue weighted by molar-refractivity contribution is 0.0457. The van der Waals surface area contributed by atoms with E-state index in [0.29, 0.717) is 47.6 Å². The SMILES string of the molecule is O=C(OCc1cc(-c2ccc3c(c2)OCCO3)on1)c1cc(-c2ccco2)n[nH]1. The number of aromatic amines is 1. The number of rotatable bonds is 5. The molecule has 0 bridgehead atoms. The van der Waals surface area contributed by atoms with Crippen LogP contribution in [0.4, 0.5) is 0 Å². The molecule has 0 fully saturated rings. The molecule has 0 unspecified atom stereocenters. The van der Waals surface area contributed by atoms with Crippen molar-refractivity contribution in [3.63, 3.8) is 0 Å². The molecule has 4 heterocycles. The van der Waals surface area contributed by atoms with E-state index in [9.17, 15) is 4.79 Å². The third kappa shape index (κ3) is 3.45. The van der Waals surface area contributed by atoms with Gasteiger partial charge in [-0.25, -0.2) is 4.79 Å². The summed E-state index contributed by atoms with van der Waals surface area (Å²) in [7, 11) is 0. The van der Waals surface area contributed by atoms with Crippen LogP contribution in [0.1, 0.15) is 16.2 Å². The van der Waals surface area contributed by atoms with Crippen LogP contribution >= 0.6 is 0 Å². The Morgan fingerprint density at radius 2 is 1.97 bits per heavy atom. The number of carbonyl (C=O) groups is 1. The first-order chi connectivity index (χ1) is 14.3. The van der Waals surface area contributed by atoms with Gasteiger partial charge in [-0.15, -0.1) is 0 Å². The topological polar surface area (TPSA) is 113 Å². The van der Waals surface area contributed by atoms with E-state index in [1.54, 1.807) is 24.3 Å². The van der Waals surface area contributed by atoms with Crippen LogP contribution in [0.2, 0.25) is 0 Å². The average molecular weight is 393 g/mol. The summed E-state index contributed by atoms with van der Waals surface area (Å²) in [6.07, 6.45) is 1.53. The van der Waals surface area contributed by atoms with Gasteiger partial charge in [0.25, 0.3) is 0 Å². The number of aromatic nitrogens is 3. The molecule has 146 valence electrons. The van der Waals surface area contributed by atoms with Crippen molar-refractivity contribution in [2.24, 2.45) is 0 Å². The molecule has 1 aliphatic rings. The molecule has 0 radical (unpaired) electrons. The van der Waals surface area contributed by atoms with Gasteiger partial charge in [0, 0.05) is 17.7 Å². The molecular formula is C20H15N3O6. The van der Waals surface area contributed by atoms with Gasteiger partial charge in [-0.05, 0) is 30.3 Å². The molecule has 4 aromatic rings. The lowest BCUT2D eigenvalue weighted by atomic mass is 10.1. The summed E-state index contributed by atoms with van der Waals surface area (Å²) in [6, 6.07) is 12.3. The maximum absolute atomic E-state index is 12.2. The lowest BCUT2D eigenvalue weighted by Gasteiger charge is -2.18. The summed E-state index contributed by atoms with van der Waals surface area (Å²) in [5, 5.41) is 10.6. The van der Waals surface area contributed by atoms with Crippen molar-refractivity contribution in [2.75, 3.05) is 13.2 Å². The molecule has 5 rings (SSSR count). The molecule has 29 heavy (non-hydrogen) atoms. The Morgan fingerprint density at radius 1 is 1.07 bits per heavy atom. The minimum absolute atomic E-state index is 0.0397. The normalized spacial score (nSPS) is 12.7. The minimum Gasteiger partial charge on any atom is -0.486 e. The number of esters is 1. The van der Waals surface area contributed by atoms with Gasteiger partial charge in [-0.1, -0.05) is 5.16 Å². The Labute approximate surface area is 164 Å². The Hall–Kier alpha value is -4.01. The fraction of sp³-hybridized carbons (Fsp3) is 0.150. The minimum atomic E-state index is -0.556. The Balaban J connectivity index is 1.24. The van der Waals surface area contributed by atoms with Crippen molar-refractivity contribution in [3.8, 4) is 34.3 Å². The molecule has 0 saturated carbocycles. The summed E-state index contributed by atoms with van der Waals surface area (Å²) < 4.78 is 27.0. The number of nitrogens with one attached hydrogen (secondary N) is 1. The highest BCUT2D eigenvalue weighted by molar-refractivity contribution is 5.88. The first-order valence-electron chi connectivity index (χ1n) is 8.88. The predicted molar refractivity (Wildman–Crippen MR) is 98.3 cm³/mol. The van der Waals surface area contributed by atoms with E-state index in [1.807, 2.05) is 18.2 Å². The van der Waals surface area contributed by atoms with Gasteiger partial charge in [0.05, 0.1) is 6.26 Å². The van der Waals surface area contributed by atoms with Crippen LogP contribution < -0.4 is 9.47 Å². The number of hydrogen-bond donors (Lipinski definition) is 1. The first kappa shape index (κ1) is 17.1. The van der Waals surface area contributed by atoms with Crippen LogP contribution in [0.3, 0.4) is 0 Å². The molecule has 3 aromatic heterocycles. The first-order valence-corrected chi connectivity index (χ1v) is 8.88. The number of hydrogen-bond acceptors (Lipinski definition) is 8. The second kappa shape index (κ2) is 7.19. The molecule has 9 heteroatoms. The molecule has 9 nitrogen and oxygen atoms in total. The van der Waals surface area contributed by atoms with Gasteiger partial charge in [-0.2, -0.15) is 5.10 Å². The maximum Gasteiger partial charge on any atom is 0.356 e. The number of furan rings is 1. The van der Waals surface area contributed by atoms with Crippen molar-refractivity contribution in [3.05, 3.63) is 60.1 Å². The zero-order valence-corrected chi connectivity index (χ0v) is 15.1. The molecule has 0 spiro atoms. The highest BCUT2D eigenvalue weighted by Crippen LogP contribution is 2.34. The van der Waals surface area contributed by atoms with E-state index in [2.05, 4.69) is 15.4 Å². The van der Waals surface area contributed by atoms with E-state index >= 15 is 0 Å². The van der Waals surface area contributed by atoms with E-state index in [-0.39, 0.29) is 12.3 Å². The second-order valence-corrected chi connectivity index (χ2v) is 6.26. The van der Waals surface area contributed by atoms with E-state index < -0.39 is 5.97 Å². The molecule has 1 N–H and O–H groups in total. The summed E-state index contributed by atoms with van der Waals surface area (Å²) >= 11 is 0. The van der Waals surface area contributed by atoms with Gasteiger partial charge in [-0.3, -0.25) is 5.10 Å². The number of carbonyl (C=O) groups excluding carboxylic acids is 1. The lowest BCUT2D eigenvalue weighted by Crippen LogP contribution is -2.15. The number of benzene rings is 1. The van der Waals surface area contributed by atoms with Crippen molar-refractivity contribution >= 4 is 5.97 Å². The predicted octanol–water partition coefficient (Wildman–Crippen LogP) is 3.45. The standard InChI is InChI=1S/C20H15N3O6/c24-20(15-10-14(21-22-15)16-2-1-5-25-16)28-11-13-9-18(29-23-13)12-3-4-17-19(8-12)27-7-6-26-17/h1-5,8-10H,6-7,11H2,(H,21,22). The van der Waals surface area contributed by atoms with E-state index in [1.165, 1.54) is 6.26 Å². The van der Waals surface area contributed by atoms with Crippen LogP contribution in [0.15, 0.2) is 57.7 Å². The highest BCUT2D eigenvalue weighted by atomic mass is 16.6. The molecular weight excluding hydrogens is 378 g/mol. The summed E-state index contributed by atoms with van der Waals surface area (Å²) in [5.74, 6) is 1.89. The summed E-state index contributed by atoms with van der Waals surface area (Å²) in [6.45, 7) is 0.995. The molecule has 0 amide bonds. The summed E-state index contributed by atoms with van der Waals surface area (Å²) in [4.78, 5) is 12.2. The van der Waals surface area contributed by atoms with E-state index in [4.69, 9.17) is 23.2 Å². The quantitative estimate of drug-likeness (QED) is 0.513. The van der Waals surface area contributed by atoms with Crippen molar-refractivity contribution in [2.45, 2.75) is 6.61 Å². The van der Waals surface area contributed by atoms with Gasteiger partial charge >= 0.3 is 5.97 Å². The molecule has 0 atom stereocenters. The van der Waals surface area contributed by atoms with Crippen LogP contribution in [0.5, 0.6) is 11.5 Å². The van der Waals surface area contributed by atoms with Crippen molar-refractivity contribution < 1.29 is 27.9 Å². The average Bonchev–Trinajstić information content (AvgIpc) is 3.52. The molecule has 0 saturated heterocycles. The fourth-order valence-corrected chi connectivity index (χ4v) is 2.91. The summed E-state index contributed by atoms with van der Waals surface area (Å²) in [5.41, 5.74) is 2.00. The van der Waals surface area contributed by atoms with Crippen LogP contribution in [0.25, 0.3) is 22.8 Å². The van der Waals surface area contributed by atoms with Crippen LogP contribution in [0, 0.1) is 0 Å². The van der Waals surface area contributed by atoms with Crippen molar-refractivity contribution in [1.82, 2.24) is 15.4 Å². The van der Waals surface area contributed by atoms with Gasteiger partial charge in [0.2, 0.25) is 0 Å². The molecule has 0 aliphatic carbocycles. The number of ether oxygens (including phenoxy) is 3. The zero-order valence-electron chi connectivity index (χ0n) is 15.1. The zero-order chi connectivity index (χ0) is 19.6. The van der Waals surface area contributed by atoms with Gasteiger partial charge in [0.15, 0.2) is 23.0 Å². The molecule has 1 aromatic carbocycles. The third-order valence-electron chi connectivity index (χ3n) is 4.31. The monoisotopic (exact) mass is 393 g/mol. The van der Waals surface area contributed by atoms with Crippen LogP contribution in [-0.4, -0.2) is 34.5 Å². The number of fused-ring (bicyclic) bond motifs is 1. The second-order valence-electron chi connectivity index (χ2n) is 6.26. The Morgan fingerprint density at radius 3 is 2.83 bits per heavy atom.